The van der Waals surface area contributed by atoms with Gasteiger partial charge in [-0.25, -0.2) is 26.5 Å². The van der Waals surface area contributed by atoms with Gasteiger partial charge in [0.1, 0.15) is 11.5 Å². The van der Waals surface area contributed by atoms with Crippen molar-refractivity contribution in [3.8, 4) is 33.8 Å². The van der Waals surface area contributed by atoms with E-state index in [1.807, 2.05) is 108 Å². The molecule has 0 saturated carbocycles. The first kappa shape index (κ1) is 48.0. The number of hydrogen-bond acceptors (Lipinski definition) is 10. The quantitative estimate of drug-likeness (QED) is 0.124. The van der Waals surface area contributed by atoms with Crippen molar-refractivity contribution in [2.24, 2.45) is 0 Å². The van der Waals surface area contributed by atoms with Crippen LogP contribution in [0.2, 0.25) is 10.0 Å². The minimum absolute atomic E-state index is 0.0867. The summed E-state index contributed by atoms with van der Waals surface area (Å²) >= 11 is 13.7. The summed E-state index contributed by atoms with van der Waals surface area (Å²) in [5, 5.41) is 2.58. The van der Waals surface area contributed by atoms with E-state index in [-0.39, 0.29) is 35.1 Å². The number of ether oxygens (including phenoxy) is 2. The zero-order chi connectivity index (χ0) is 49.6. The Kier molecular flexibility index (Phi) is 13.0. The summed E-state index contributed by atoms with van der Waals surface area (Å²) in [4.78, 5) is 18.2. The number of anilines is 2. The molecule has 4 aromatic carbocycles. The molecule has 0 bridgehead atoms. The maximum absolute atomic E-state index is 12.1. The van der Waals surface area contributed by atoms with E-state index in [0.29, 0.717) is 51.3 Å². The van der Waals surface area contributed by atoms with Crippen LogP contribution in [-0.2, 0) is 32.8 Å². The van der Waals surface area contributed by atoms with Crippen LogP contribution in [0.5, 0.6) is 11.5 Å². The van der Waals surface area contributed by atoms with Crippen LogP contribution < -0.4 is 20.1 Å². The number of fused-ring (bicyclic) bond motifs is 2. The van der Waals surface area contributed by atoms with Crippen LogP contribution in [0.25, 0.3) is 53.7 Å². The maximum Gasteiger partial charge on any atom is 0.190 e. The van der Waals surface area contributed by atoms with Gasteiger partial charge in [-0.15, -0.1) is 0 Å². The lowest BCUT2D eigenvalue weighted by molar-refractivity contribution is 0.414. The predicted octanol–water partition coefficient (Wildman–Crippen LogP) is 11.2. The predicted molar refractivity (Wildman–Crippen MR) is 278 cm³/mol. The van der Waals surface area contributed by atoms with E-state index in [1.54, 1.807) is 32.8 Å². The number of nitrogens with two attached hydrogens (primary N) is 1. The number of benzene rings is 4. The smallest absolute Gasteiger partial charge is 0.190 e. The normalized spacial score (nSPS) is 15.0. The van der Waals surface area contributed by atoms with Crippen LogP contribution in [0, 0.1) is 27.0 Å². The number of rotatable bonds is 11. The number of nitrogens with zero attached hydrogens (tertiary/aromatic N) is 7. The van der Waals surface area contributed by atoms with Gasteiger partial charge in [-0.1, -0.05) is 47.5 Å². The number of methoxy groups -OCH3 is 2. The van der Waals surface area contributed by atoms with Crippen molar-refractivity contribution in [2.75, 3.05) is 47.9 Å². The Labute approximate surface area is 416 Å². The zero-order valence-corrected chi connectivity index (χ0v) is 41.7. The molecule has 2 saturated heterocycles. The number of nitrogen functional groups attached to an aromatic ring is 1. The van der Waals surface area contributed by atoms with Crippen molar-refractivity contribution in [1.29, 1.82) is 0 Å². The Hall–Kier alpha value is -7.08. The number of hydrogen-bond donors (Lipinski definition) is 1. The molecule has 14 nitrogen and oxygen atoms in total. The lowest BCUT2D eigenvalue weighted by Gasteiger charge is -2.28. The third-order valence-corrected chi connectivity index (χ3v) is 17.3. The van der Waals surface area contributed by atoms with E-state index in [1.165, 1.54) is 6.20 Å². The third-order valence-electron chi connectivity index (χ3n) is 12.9. The average molecular weight is 1010 g/mol. The molecule has 0 radical (unpaired) electrons. The number of pyridine rings is 2. The molecular formula is C52H46Cl2N8O6S2. The minimum atomic E-state index is -3.05. The molecule has 70 heavy (non-hydrogen) atoms. The third kappa shape index (κ3) is 9.35. The van der Waals surface area contributed by atoms with Gasteiger partial charge in [0.2, 0.25) is 0 Å². The zero-order valence-electron chi connectivity index (χ0n) is 38.5. The highest BCUT2D eigenvalue weighted by Gasteiger charge is 2.37. The first-order valence-electron chi connectivity index (χ1n) is 22.0. The topological polar surface area (TPSA) is 160 Å². The van der Waals surface area contributed by atoms with Crippen molar-refractivity contribution in [3.05, 3.63) is 165 Å². The van der Waals surface area contributed by atoms with E-state index >= 15 is 0 Å². The summed E-state index contributed by atoms with van der Waals surface area (Å²) in [5.41, 5.74) is 16.6. The van der Waals surface area contributed by atoms with E-state index in [2.05, 4.69) is 24.6 Å². The molecule has 356 valence electrons. The minimum Gasteiger partial charge on any atom is -0.497 e. The number of sulfone groups is 2. The van der Waals surface area contributed by atoms with Gasteiger partial charge in [-0.2, -0.15) is 0 Å². The molecular weight excluding hydrogens is 968 g/mol. The van der Waals surface area contributed by atoms with Crippen molar-refractivity contribution in [3.63, 3.8) is 0 Å². The lowest BCUT2D eigenvalue weighted by Crippen LogP contribution is -2.37. The highest BCUT2D eigenvalue weighted by atomic mass is 35.5. The molecule has 2 aliphatic rings. The second-order valence-corrected chi connectivity index (χ2v) is 22.6. The summed E-state index contributed by atoms with van der Waals surface area (Å²) in [6.45, 7) is 20.0. The molecule has 2 N–H and O–H groups in total. The van der Waals surface area contributed by atoms with Crippen molar-refractivity contribution >= 4 is 87.4 Å². The molecule has 10 rings (SSSR count). The van der Waals surface area contributed by atoms with Gasteiger partial charge in [0.25, 0.3) is 0 Å². The van der Waals surface area contributed by atoms with Gasteiger partial charge in [-0.3, -0.25) is 9.97 Å². The molecule has 0 aliphatic carbocycles. The fourth-order valence-corrected chi connectivity index (χ4v) is 12.4. The Morgan fingerprint density at radius 2 is 1.06 bits per heavy atom. The SMILES string of the molecule is [C-]#[N+]c1cc2c(-c3cncc(N(Cc4ccc(OC)cc4)Cc4ccc(OC)cc4)c3Cl)cn(C3CS(=O)(=O)C3)c2cc1C.[C-]#[N+]c1cc2c(-c3cncc(N)c3Cl)cn(C3CS(=O)(=O)C3)c2cc1C. The largest absolute Gasteiger partial charge is 0.497 e. The van der Waals surface area contributed by atoms with Crippen molar-refractivity contribution in [1.82, 2.24) is 19.1 Å². The molecule has 2 aliphatic heterocycles. The molecule has 4 aromatic heterocycles. The summed E-state index contributed by atoms with van der Waals surface area (Å²) in [5.74, 6) is 1.96. The highest BCUT2D eigenvalue weighted by Crippen LogP contribution is 2.45. The van der Waals surface area contributed by atoms with Crippen LogP contribution in [0.1, 0.15) is 34.3 Å². The van der Waals surface area contributed by atoms with Crippen LogP contribution in [0.3, 0.4) is 0 Å². The Balaban J connectivity index is 0.000000198. The van der Waals surface area contributed by atoms with E-state index in [9.17, 15) is 16.8 Å². The second-order valence-electron chi connectivity index (χ2n) is 17.6. The Morgan fingerprint density at radius 3 is 1.46 bits per heavy atom. The van der Waals surface area contributed by atoms with Gasteiger partial charge in [0, 0.05) is 71.2 Å². The summed E-state index contributed by atoms with van der Waals surface area (Å²) in [6.07, 6.45) is 10.5. The molecule has 0 atom stereocenters. The van der Waals surface area contributed by atoms with Crippen molar-refractivity contribution in [2.45, 2.75) is 39.0 Å². The molecule has 0 unspecified atom stereocenters. The van der Waals surface area contributed by atoms with E-state index < -0.39 is 19.7 Å². The van der Waals surface area contributed by atoms with Crippen LogP contribution >= 0.6 is 23.2 Å². The first-order chi connectivity index (χ1) is 33.5. The van der Waals surface area contributed by atoms with Crippen LogP contribution in [0.15, 0.2) is 110 Å². The van der Waals surface area contributed by atoms with E-state index in [0.717, 1.165) is 72.4 Å². The standard InChI is InChI=1S/C34H31ClN4O4S.C18H15ClN4O2S/c1-22-13-32-28(14-31(22)36-2)30(19-39(32)25-20-44(40,41)21-25)29-15-37-16-33(34(29)35)38(17-23-5-9-26(42-3)10-6-23)18-24-7-11-27(43-4)12-8-24;1-10-3-17-12(4-16(10)21-2)14(13-5-22-6-15(20)18(13)19)7-23(17)11-8-26(24,25)9-11/h5-16,19,25H,17-18,20-21H2,1,3-4H3;3-7,11H,8-9,20H2,1H3. The highest BCUT2D eigenvalue weighted by molar-refractivity contribution is 7.93. The fraction of sp³-hybridized carbons (Fsp3) is 0.231. The molecule has 2 fully saturated rings. The average Bonchev–Trinajstić information content (AvgIpc) is 3.87. The molecule has 6 heterocycles. The monoisotopic (exact) mass is 1010 g/mol. The van der Waals surface area contributed by atoms with Crippen LogP contribution in [-0.4, -0.2) is 73.2 Å². The molecule has 0 amide bonds. The Bertz CT molecular complexity index is 3600. The number of halogens is 2. The van der Waals surface area contributed by atoms with Crippen LogP contribution in [0.4, 0.5) is 22.7 Å². The van der Waals surface area contributed by atoms with Gasteiger partial charge in [0.15, 0.2) is 31.0 Å². The van der Waals surface area contributed by atoms with E-state index in [4.69, 9.17) is 51.6 Å². The first-order valence-corrected chi connectivity index (χ1v) is 26.4. The molecule has 8 aromatic rings. The molecule has 18 heteroatoms. The van der Waals surface area contributed by atoms with Gasteiger partial charge < -0.3 is 29.2 Å². The van der Waals surface area contributed by atoms with Gasteiger partial charge >= 0.3 is 0 Å². The second kappa shape index (κ2) is 19.0. The number of aromatic nitrogens is 4. The van der Waals surface area contributed by atoms with Crippen molar-refractivity contribution < 1.29 is 26.3 Å². The van der Waals surface area contributed by atoms with Gasteiger partial charge in [-0.05, 0) is 95.4 Å². The fourth-order valence-electron chi connectivity index (χ4n) is 9.07. The summed E-state index contributed by atoms with van der Waals surface area (Å²) < 4.78 is 62.2. The summed E-state index contributed by atoms with van der Waals surface area (Å²) in [7, 11) is -2.73. The van der Waals surface area contributed by atoms with Gasteiger partial charge in [0.05, 0.1) is 96.3 Å². The molecule has 0 spiro atoms. The summed E-state index contributed by atoms with van der Waals surface area (Å²) in [6, 6.07) is 23.1. The lowest BCUT2D eigenvalue weighted by atomic mass is 10.0. The Morgan fingerprint density at radius 1 is 0.643 bits per heavy atom. The maximum atomic E-state index is 12.1. The number of aryl methyl sites for hydroxylation is 2.